The first-order valence-electron chi connectivity index (χ1n) is 3.98. The summed E-state index contributed by atoms with van der Waals surface area (Å²) in [5.41, 5.74) is 9.98. The molecule has 0 aromatic heterocycles. The minimum absolute atomic E-state index is 0.176. The molecule has 0 amide bonds. The Kier molecular flexibility index (Phi) is 27.4. The third kappa shape index (κ3) is 332. The Morgan fingerprint density at radius 2 is 1.28 bits per heavy atom. The van der Waals surface area contributed by atoms with Crippen LogP contribution in [-0.4, -0.2) is 44.8 Å². The maximum atomic E-state index is 9.60. The van der Waals surface area contributed by atoms with E-state index in [2.05, 4.69) is 6.58 Å². The number of nitrogens with zero attached hydrogens (tertiary/aromatic N) is 2. The SMILES string of the molecule is C=C(C)C(=O)O.NCCN.O=[N+]([O-])O.O=[N+]([O-])O. The highest BCUT2D eigenvalue weighted by Crippen LogP contribution is 1.81. The van der Waals surface area contributed by atoms with E-state index in [1.54, 1.807) is 0 Å². The summed E-state index contributed by atoms with van der Waals surface area (Å²) in [7, 11) is 0. The van der Waals surface area contributed by atoms with Crippen molar-refractivity contribution in [3.8, 4) is 0 Å². The summed E-state index contributed by atoms with van der Waals surface area (Å²) in [4.78, 5) is 26.3. The van der Waals surface area contributed by atoms with Gasteiger partial charge >= 0.3 is 5.97 Å². The minimum Gasteiger partial charge on any atom is -0.478 e. The second kappa shape index (κ2) is 20.0. The van der Waals surface area contributed by atoms with Crippen molar-refractivity contribution in [3.63, 3.8) is 0 Å². The van der Waals surface area contributed by atoms with E-state index in [1.165, 1.54) is 6.92 Å². The molecular formula is C6H16N4O8. The topological polar surface area (TPSA) is 216 Å². The van der Waals surface area contributed by atoms with Crippen LogP contribution in [0.3, 0.4) is 0 Å². The molecule has 0 fully saturated rings. The van der Waals surface area contributed by atoms with Crippen molar-refractivity contribution in [1.29, 1.82) is 0 Å². The fourth-order valence-corrected chi connectivity index (χ4v) is 0. The Labute approximate surface area is 101 Å². The van der Waals surface area contributed by atoms with E-state index < -0.39 is 16.1 Å². The van der Waals surface area contributed by atoms with Crippen LogP contribution in [-0.2, 0) is 4.79 Å². The lowest BCUT2D eigenvalue weighted by Gasteiger charge is -1.79. The molecule has 0 aliphatic carbocycles. The van der Waals surface area contributed by atoms with Gasteiger partial charge in [0.1, 0.15) is 0 Å². The summed E-state index contributed by atoms with van der Waals surface area (Å²) in [5, 5.41) is 35.2. The predicted octanol–water partition coefficient (Wildman–Crippen LogP) is -1.14. The maximum Gasteiger partial charge on any atom is 0.330 e. The largest absolute Gasteiger partial charge is 0.478 e. The van der Waals surface area contributed by atoms with Gasteiger partial charge in [0.2, 0.25) is 0 Å². The maximum absolute atomic E-state index is 9.60. The average Bonchev–Trinajstić information content (AvgIpc) is 2.16. The Morgan fingerprint density at radius 1 is 1.17 bits per heavy atom. The highest BCUT2D eigenvalue weighted by Gasteiger charge is 1.90. The van der Waals surface area contributed by atoms with Crippen molar-refractivity contribution in [2.24, 2.45) is 11.5 Å². The predicted molar refractivity (Wildman–Crippen MR) is 58.1 cm³/mol. The van der Waals surface area contributed by atoms with Gasteiger partial charge in [0.25, 0.3) is 10.2 Å². The molecular weight excluding hydrogens is 256 g/mol. The molecule has 0 rings (SSSR count). The fourth-order valence-electron chi connectivity index (χ4n) is 0. The van der Waals surface area contributed by atoms with E-state index in [9.17, 15) is 4.79 Å². The van der Waals surface area contributed by atoms with Gasteiger partial charge in [0.05, 0.1) is 0 Å². The van der Waals surface area contributed by atoms with Crippen molar-refractivity contribution in [3.05, 3.63) is 32.4 Å². The Bertz CT molecular complexity index is 222. The third-order valence-electron chi connectivity index (χ3n) is 0.532. The first-order valence-corrected chi connectivity index (χ1v) is 3.98. The summed E-state index contributed by atoms with van der Waals surface area (Å²) >= 11 is 0. The Morgan fingerprint density at radius 3 is 1.28 bits per heavy atom. The van der Waals surface area contributed by atoms with Crippen molar-refractivity contribution >= 4 is 5.97 Å². The van der Waals surface area contributed by atoms with E-state index in [4.69, 9.17) is 47.2 Å². The normalized spacial score (nSPS) is 6.83. The van der Waals surface area contributed by atoms with Gasteiger partial charge in [-0.25, -0.2) is 4.79 Å². The minimum atomic E-state index is -1.50. The molecule has 0 heterocycles. The third-order valence-corrected chi connectivity index (χ3v) is 0.532. The number of carboxylic acid groups (broad SMARTS) is 1. The number of nitrogens with two attached hydrogens (primary N) is 2. The van der Waals surface area contributed by atoms with Gasteiger partial charge in [-0.3, -0.25) is 0 Å². The number of aliphatic carboxylic acids is 1. The summed E-state index contributed by atoms with van der Waals surface area (Å²) in [5.74, 6) is -0.935. The molecule has 0 bridgehead atoms. The number of hydrogen-bond acceptors (Lipinski definition) is 7. The molecule has 0 atom stereocenters. The van der Waals surface area contributed by atoms with Crippen LogP contribution in [0.1, 0.15) is 6.92 Å². The van der Waals surface area contributed by atoms with Crippen LogP contribution >= 0.6 is 0 Å². The Hall–Kier alpha value is -2.47. The highest BCUT2D eigenvalue weighted by atomic mass is 16.9. The van der Waals surface area contributed by atoms with Crippen molar-refractivity contribution in [2.75, 3.05) is 13.1 Å². The molecule has 0 aliphatic heterocycles. The van der Waals surface area contributed by atoms with E-state index in [0.717, 1.165) is 0 Å². The molecule has 0 aromatic carbocycles. The molecule has 0 spiro atoms. The molecule has 0 saturated carbocycles. The van der Waals surface area contributed by atoms with Gasteiger partial charge in [-0.1, -0.05) is 6.58 Å². The number of hydrogen-bond donors (Lipinski definition) is 5. The Balaban J connectivity index is -0.0000000742. The highest BCUT2D eigenvalue weighted by molar-refractivity contribution is 5.84. The van der Waals surface area contributed by atoms with Crippen LogP contribution in [0.4, 0.5) is 0 Å². The quantitative estimate of drug-likeness (QED) is 0.231. The van der Waals surface area contributed by atoms with Crippen LogP contribution in [0.25, 0.3) is 0 Å². The molecule has 0 unspecified atom stereocenters. The molecule has 108 valence electrons. The molecule has 12 heteroatoms. The number of carboxylic acids is 1. The van der Waals surface area contributed by atoms with Crippen LogP contribution in [0.2, 0.25) is 0 Å². The van der Waals surface area contributed by atoms with Gasteiger partial charge in [-0.05, 0) is 6.92 Å². The zero-order chi connectivity index (χ0) is 15.7. The number of rotatable bonds is 2. The van der Waals surface area contributed by atoms with E-state index in [1.807, 2.05) is 0 Å². The van der Waals surface area contributed by atoms with E-state index in [-0.39, 0.29) is 5.57 Å². The monoisotopic (exact) mass is 272 g/mol. The summed E-state index contributed by atoms with van der Waals surface area (Å²) in [6.45, 7) is 5.80. The average molecular weight is 272 g/mol. The second-order valence-corrected chi connectivity index (χ2v) is 2.14. The molecule has 18 heavy (non-hydrogen) atoms. The van der Waals surface area contributed by atoms with Gasteiger partial charge in [-0.15, -0.1) is 20.2 Å². The summed E-state index contributed by atoms with van der Waals surface area (Å²) in [6.07, 6.45) is 0. The molecule has 0 saturated heterocycles. The molecule has 12 nitrogen and oxygen atoms in total. The van der Waals surface area contributed by atoms with Crippen LogP contribution in [0.15, 0.2) is 12.2 Å². The van der Waals surface area contributed by atoms with Crippen molar-refractivity contribution in [2.45, 2.75) is 6.92 Å². The van der Waals surface area contributed by atoms with Gasteiger partial charge in [-0.2, -0.15) is 0 Å². The zero-order valence-electron chi connectivity index (χ0n) is 9.55. The van der Waals surface area contributed by atoms with Gasteiger partial charge in [0.15, 0.2) is 0 Å². The zero-order valence-corrected chi connectivity index (χ0v) is 9.55. The fraction of sp³-hybridized carbons (Fsp3) is 0.500. The van der Waals surface area contributed by atoms with Crippen LogP contribution < -0.4 is 11.5 Å². The van der Waals surface area contributed by atoms with Crippen molar-refractivity contribution in [1.82, 2.24) is 0 Å². The summed E-state index contributed by atoms with van der Waals surface area (Å²) < 4.78 is 0. The molecule has 0 radical (unpaired) electrons. The van der Waals surface area contributed by atoms with E-state index >= 15 is 0 Å². The number of carbonyl (C=O) groups is 1. The van der Waals surface area contributed by atoms with Crippen LogP contribution in [0, 0.1) is 20.2 Å². The van der Waals surface area contributed by atoms with Crippen LogP contribution in [0.5, 0.6) is 0 Å². The lowest BCUT2D eigenvalue weighted by Crippen LogP contribution is -2.11. The van der Waals surface area contributed by atoms with Gasteiger partial charge < -0.3 is 27.0 Å². The van der Waals surface area contributed by atoms with E-state index in [0.29, 0.717) is 13.1 Å². The lowest BCUT2D eigenvalue weighted by molar-refractivity contribution is -0.742. The molecule has 0 aromatic rings. The van der Waals surface area contributed by atoms with Gasteiger partial charge in [0, 0.05) is 18.7 Å². The smallest absolute Gasteiger partial charge is 0.330 e. The van der Waals surface area contributed by atoms with Crippen molar-refractivity contribution < 1.29 is 30.5 Å². The first kappa shape index (κ1) is 24.7. The first-order chi connectivity index (χ1) is 8.02. The second-order valence-electron chi connectivity index (χ2n) is 2.14. The lowest BCUT2D eigenvalue weighted by atomic mass is 10.4. The summed E-state index contributed by atoms with van der Waals surface area (Å²) in [6, 6.07) is 0. The standard InChI is InChI=1S/C4H6O2.C2H8N2.2HNO3/c1-3(2)4(5)6;3-1-2-4;2*2-1(3)4/h1H2,2H3,(H,5,6);1-4H2;2*(H,2,3,4). The molecule has 7 N–H and O–H groups in total. The molecule has 0 aliphatic rings.